The molecule has 0 amide bonds. The number of esters is 3. The van der Waals surface area contributed by atoms with Crippen LogP contribution >= 0.6 is 0 Å². The predicted octanol–water partition coefficient (Wildman–Crippen LogP) is 4.90. The van der Waals surface area contributed by atoms with Crippen molar-refractivity contribution in [3.8, 4) is 0 Å². The Morgan fingerprint density at radius 3 is 1.77 bits per heavy atom. The summed E-state index contributed by atoms with van der Waals surface area (Å²) in [5.74, 6) is -0.881. The molecule has 1 rings (SSSR count). The Balaban J connectivity index is 0.000000842. The monoisotopic (exact) mass is 434 g/mol. The lowest BCUT2D eigenvalue weighted by atomic mass is 9.91. The van der Waals surface area contributed by atoms with Gasteiger partial charge in [-0.15, -0.1) is 0 Å². The summed E-state index contributed by atoms with van der Waals surface area (Å²) in [6.07, 6.45) is 1.96. The fraction of sp³-hybridized carbons (Fsp3) is 0.560. The van der Waals surface area contributed by atoms with E-state index in [2.05, 4.69) is 11.3 Å². The van der Waals surface area contributed by atoms with Gasteiger partial charge in [-0.25, -0.2) is 4.79 Å². The molecule has 174 valence electrons. The van der Waals surface area contributed by atoms with E-state index in [4.69, 9.17) is 9.47 Å². The van der Waals surface area contributed by atoms with Crippen molar-refractivity contribution in [2.45, 2.75) is 60.8 Å². The molecule has 0 radical (unpaired) electrons. The molecular formula is C25H38O6. The van der Waals surface area contributed by atoms with E-state index in [9.17, 15) is 14.4 Å². The second-order valence-electron chi connectivity index (χ2n) is 8.50. The van der Waals surface area contributed by atoms with E-state index in [0.717, 1.165) is 12.0 Å². The third-order valence-electron chi connectivity index (χ3n) is 5.16. The molecule has 0 N–H and O–H groups in total. The van der Waals surface area contributed by atoms with Crippen molar-refractivity contribution in [2.75, 3.05) is 20.3 Å². The molecule has 0 bridgehead atoms. The molecule has 0 aromatic heterocycles. The van der Waals surface area contributed by atoms with Crippen LogP contribution in [0.5, 0.6) is 0 Å². The van der Waals surface area contributed by atoms with Crippen molar-refractivity contribution in [3.63, 3.8) is 0 Å². The minimum atomic E-state index is -0.513. The van der Waals surface area contributed by atoms with E-state index < -0.39 is 11.4 Å². The second-order valence-corrected chi connectivity index (χ2v) is 8.50. The van der Waals surface area contributed by atoms with E-state index in [0.29, 0.717) is 18.4 Å². The topological polar surface area (TPSA) is 78.9 Å². The van der Waals surface area contributed by atoms with Crippen LogP contribution in [0.15, 0.2) is 42.5 Å². The smallest absolute Gasteiger partial charge is 0.333 e. The molecule has 0 saturated heterocycles. The lowest BCUT2D eigenvalue weighted by molar-refractivity contribution is -0.158. The molecule has 6 heteroatoms. The molecule has 0 aliphatic rings. The van der Waals surface area contributed by atoms with Crippen LogP contribution in [-0.4, -0.2) is 38.2 Å². The van der Waals surface area contributed by atoms with Crippen molar-refractivity contribution in [1.82, 2.24) is 0 Å². The van der Waals surface area contributed by atoms with Crippen LogP contribution in [0.4, 0.5) is 0 Å². The van der Waals surface area contributed by atoms with Crippen molar-refractivity contribution >= 4 is 17.9 Å². The van der Waals surface area contributed by atoms with Crippen LogP contribution in [0.25, 0.3) is 0 Å². The zero-order chi connectivity index (χ0) is 24.1. The fourth-order valence-electron chi connectivity index (χ4n) is 2.05. The lowest BCUT2D eigenvalue weighted by Crippen LogP contribution is -2.27. The number of ether oxygens (including phenoxy) is 3. The van der Waals surface area contributed by atoms with Crippen molar-refractivity contribution in [1.29, 1.82) is 0 Å². The third-order valence-corrected chi connectivity index (χ3v) is 5.16. The number of rotatable bonds is 10. The average molecular weight is 435 g/mol. The van der Waals surface area contributed by atoms with Gasteiger partial charge in [0.25, 0.3) is 0 Å². The quantitative estimate of drug-likeness (QED) is 0.225. The summed E-state index contributed by atoms with van der Waals surface area (Å²) in [7, 11) is 1.42. The first-order valence-electron chi connectivity index (χ1n) is 10.6. The fourth-order valence-corrected chi connectivity index (χ4v) is 2.05. The van der Waals surface area contributed by atoms with Gasteiger partial charge in [0.1, 0.15) is 13.2 Å². The van der Waals surface area contributed by atoms with Gasteiger partial charge in [-0.3, -0.25) is 9.59 Å². The van der Waals surface area contributed by atoms with Crippen LogP contribution in [0.2, 0.25) is 0 Å². The maximum atomic E-state index is 11.8. The summed E-state index contributed by atoms with van der Waals surface area (Å²) in [6, 6.07) is 9.57. The minimum absolute atomic E-state index is 0.0399. The third kappa shape index (κ3) is 10.8. The van der Waals surface area contributed by atoms with Gasteiger partial charge in [-0.05, 0) is 46.1 Å². The van der Waals surface area contributed by atoms with Crippen molar-refractivity contribution < 1.29 is 28.6 Å². The van der Waals surface area contributed by atoms with Gasteiger partial charge in [-0.1, -0.05) is 50.8 Å². The summed E-state index contributed by atoms with van der Waals surface area (Å²) in [6.45, 7) is 15.1. The number of benzene rings is 1. The normalized spacial score (nSPS) is 10.9. The van der Waals surface area contributed by atoms with Crippen molar-refractivity contribution in [2.24, 2.45) is 10.8 Å². The van der Waals surface area contributed by atoms with Gasteiger partial charge in [0.2, 0.25) is 0 Å². The first-order chi connectivity index (χ1) is 14.4. The Kier molecular flexibility index (Phi) is 12.5. The highest BCUT2D eigenvalue weighted by molar-refractivity contribution is 5.88. The SMILES string of the molecule is C=C(Cc1ccccc1)C(=O)OCCOC(=O)C(C)(C)CC.CCC(C)(C)C(=O)OC. The average Bonchev–Trinajstić information content (AvgIpc) is 2.76. The van der Waals surface area contributed by atoms with E-state index in [-0.39, 0.29) is 30.6 Å². The zero-order valence-corrected chi connectivity index (χ0v) is 20.1. The van der Waals surface area contributed by atoms with Crippen LogP contribution in [0.1, 0.15) is 59.9 Å². The molecule has 0 heterocycles. The number of methoxy groups -OCH3 is 1. The minimum Gasteiger partial charge on any atom is -0.469 e. The Morgan fingerprint density at radius 1 is 0.839 bits per heavy atom. The van der Waals surface area contributed by atoms with Gasteiger partial charge in [0.15, 0.2) is 0 Å². The largest absolute Gasteiger partial charge is 0.469 e. The first-order valence-corrected chi connectivity index (χ1v) is 10.6. The standard InChI is InChI=1S/C18H24O4.C7H14O2/c1-5-18(3,4)17(20)22-12-11-21-16(19)14(2)13-15-9-7-6-8-10-15;1-5-7(2,3)6(8)9-4/h6-10H,2,5,11-13H2,1,3-4H3;5H2,1-4H3. The second kappa shape index (κ2) is 13.6. The highest BCUT2D eigenvalue weighted by Gasteiger charge is 2.27. The molecular weight excluding hydrogens is 396 g/mol. The highest BCUT2D eigenvalue weighted by atomic mass is 16.6. The summed E-state index contributed by atoms with van der Waals surface area (Å²) >= 11 is 0. The Hall–Kier alpha value is -2.63. The molecule has 0 atom stereocenters. The summed E-state index contributed by atoms with van der Waals surface area (Å²) in [5.41, 5.74) is 0.558. The molecule has 1 aromatic rings. The van der Waals surface area contributed by atoms with Gasteiger partial charge >= 0.3 is 17.9 Å². The van der Waals surface area contributed by atoms with Crippen LogP contribution < -0.4 is 0 Å². The summed E-state index contributed by atoms with van der Waals surface area (Å²) in [5, 5.41) is 0. The van der Waals surface area contributed by atoms with Gasteiger partial charge in [0.05, 0.1) is 17.9 Å². The molecule has 0 fully saturated rings. The van der Waals surface area contributed by atoms with Gasteiger partial charge in [-0.2, -0.15) is 0 Å². The first kappa shape index (κ1) is 28.4. The van der Waals surface area contributed by atoms with E-state index in [1.807, 2.05) is 71.9 Å². The number of carbonyl (C=O) groups excluding carboxylic acids is 3. The Bertz CT molecular complexity index is 719. The number of carbonyl (C=O) groups is 3. The molecule has 31 heavy (non-hydrogen) atoms. The molecule has 0 saturated carbocycles. The van der Waals surface area contributed by atoms with Gasteiger partial charge < -0.3 is 14.2 Å². The number of hydrogen-bond donors (Lipinski definition) is 0. The van der Waals surface area contributed by atoms with Crippen molar-refractivity contribution in [3.05, 3.63) is 48.0 Å². The molecule has 1 aromatic carbocycles. The Labute approximate surface area is 187 Å². The summed E-state index contributed by atoms with van der Waals surface area (Å²) in [4.78, 5) is 34.4. The molecule has 0 spiro atoms. The molecule has 0 unspecified atom stereocenters. The van der Waals surface area contributed by atoms with Crippen LogP contribution in [0.3, 0.4) is 0 Å². The maximum absolute atomic E-state index is 11.8. The van der Waals surface area contributed by atoms with E-state index in [1.54, 1.807) is 0 Å². The maximum Gasteiger partial charge on any atom is 0.333 e. The number of hydrogen-bond acceptors (Lipinski definition) is 6. The van der Waals surface area contributed by atoms with Crippen LogP contribution in [0, 0.1) is 10.8 Å². The Morgan fingerprint density at radius 2 is 1.32 bits per heavy atom. The molecule has 0 aliphatic heterocycles. The molecule has 6 nitrogen and oxygen atoms in total. The predicted molar refractivity (Wildman–Crippen MR) is 121 cm³/mol. The molecule has 0 aliphatic carbocycles. The summed E-state index contributed by atoms with van der Waals surface area (Å²) < 4.78 is 14.7. The lowest BCUT2D eigenvalue weighted by Gasteiger charge is -2.20. The van der Waals surface area contributed by atoms with Crippen LogP contribution in [-0.2, 0) is 35.0 Å². The zero-order valence-electron chi connectivity index (χ0n) is 20.1. The highest BCUT2D eigenvalue weighted by Crippen LogP contribution is 2.21. The van der Waals surface area contributed by atoms with E-state index >= 15 is 0 Å². The van der Waals surface area contributed by atoms with Gasteiger partial charge in [0, 0.05) is 12.0 Å². The van der Waals surface area contributed by atoms with E-state index in [1.165, 1.54) is 7.11 Å².